The summed E-state index contributed by atoms with van der Waals surface area (Å²) in [5.74, 6) is 3.52. The minimum absolute atomic E-state index is 0.0838. The van der Waals surface area contributed by atoms with E-state index in [1.807, 2.05) is 0 Å². The van der Waals surface area contributed by atoms with Crippen LogP contribution in [0.2, 0.25) is 0 Å². The average molecular weight is 446 g/mol. The van der Waals surface area contributed by atoms with E-state index in [9.17, 15) is 9.90 Å². The van der Waals surface area contributed by atoms with Gasteiger partial charge >= 0.3 is 0 Å². The number of amides is 1. The number of nitrogens with zero attached hydrogens (tertiary/aromatic N) is 1. The Morgan fingerprint density at radius 1 is 1.25 bits per heavy atom. The van der Waals surface area contributed by atoms with Crippen LogP contribution < -0.4 is 0 Å². The Balaban J connectivity index is 1.49. The van der Waals surface area contributed by atoms with E-state index in [0.29, 0.717) is 35.0 Å². The van der Waals surface area contributed by atoms with Crippen molar-refractivity contribution in [2.24, 2.45) is 40.4 Å². The molecule has 8 atom stereocenters. The molecule has 0 bridgehead atoms. The molecule has 0 radical (unpaired) electrons. The number of hydroxylamine groups is 2. The molecule has 182 valence electrons. The molecule has 0 heterocycles. The largest absolute Gasteiger partial charge is 0.390 e. The lowest BCUT2D eigenvalue weighted by molar-refractivity contribution is -0.169. The van der Waals surface area contributed by atoms with Gasteiger partial charge in [-0.15, -0.1) is 0 Å². The molecule has 0 aromatic rings. The van der Waals surface area contributed by atoms with Gasteiger partial charge in [0.05, 0.1) is 12.7 Å². The van der Waals surface area contributed by atoms with Gasteiger partial charge in [0.1, 0.15) is 0 Å². The van der Waals surface area contributed by atoms with E-state index in [1.165, 1.54) is 37.2 Å². The van der Waals surface area contributed by atoms with Crippen molar-refractivity contribution in [2.75, 3.05) is 14.2 Å². The zero-order valence-electron chi connectivity index (χ0n) is 21.5. The second-order valence-corrected chi connectivity index (χ2v) is 12.3. The molecule has 0 saturated heterocycles. The van der Waals surface area contributed by atoms with Crippen molar-refractivity contribution in [1.82, 2.24) is 5.06 Å². The number of allylic oxidation sites excluding steroid dienone is 2. The van der Waals surface area contributed by atoms with Gasteiger partial charge in [0.2, 0.25) is 5.91 Å². The Kier molecular flexibility index (Phi) is 6.62. The summed E-state index contributed by atoms with van der Waals surface area (Å²) in [6.45, 7) is 9.62. The molecule has 1 amide bonds. The number of fused-ring (bicyclic) bond motifs is 5. The summed E-state index contributed by atoms with van der Waals surface area (Å²) in [7, 11) is 3.26. The summed E-state index contributed by atoms with van der Waals surface area (Å²) in [6, 6.07) is 0. The predicted molar refractivity (Wildman–Crippen MR) is 129 cm³/mol. The van der Waals surface area contributed by atoms with Gasteiger partial charge in [-0.05, 0) is 105 Å². The summed E-state index contributed by atoms with van der Waals surface area (Å²) in [5, 5.41) is 12.4. The van der Waals surface area contributed by atoms with Crippen molar-refractivity contribution in [2.45, 2.75) is 104 Å². The first-order valence-electron chi connectivity index (χ1n) is 13.3. The number of hydrogen-bond donors (Lipinski definition) is 1. The molecule has 3 fully saturated rings. The molecule has 0 aromatic carbocycles. The van der Waals surface area contributed by atoms with Crippen molar-refractivity contribution in [3.05, 3.63) is 11.6 Å². The molecule has 32 heavy (non-hydrogen) atoms. The lowest BCUT2D eigenvalue weighted by Crippen LogP contribution is -2.51. The Morgan fingerprint density at radius 2 is 2.00 bits per heavy atom. The highest BCUT2D eigenvalue weighted by atomic mass is 16.7. The molecular formula is C28H47NO3. The van der Waals surface area contributed by atoms with Crippen LogP contribution in [0.1, 0.15) is 98.3 Å². The Labute approximate surface area is 196 Å². The standard InChI is InChI=1S/C28H47NO3/c1-7-28(31)17-16-26(3)20(18-28)9-10-21-23-12-11-22(27(23,4)15-14-24(21)26)19(2)8-13-25(30)29(5)32-6/h14,19-23,31H,7-13,15-18H2,1-6H3/t19-,20+,21+,22-,23+,26+,27-,28+/m1/s1. The van der Waals surface area contributed by atoms with Crippen LogP contribution >= 0.6 is 0 Å². The molecule has 3 saturated carbocycles. The molecule has 0 spiro atoms. The minimum Gasteiger partial charge on any atom is -0.390 e. The number of carbonyl (C=O) groups is 1. The molecule has 4 aliphatic carbocycles. The van der Waals surface area contributed by atoms with Gasteiger partial charge in [-0.2, -0.15) is 0 Å². The van der Waals surface area contributed by atoms with E-state index < -0.39 is 5.60 Å². The Morgan fingerprint density at radius 3 is 2.69 bits per heavy atom. The quantitative estimate of drug-likeness (QED) is 0.394. The summed E-state index contributed by atoms with van der Waals surface area (Å²) in [4.78, 5) is 17.3. The second-order valence-electron chi connectivity index (χ2n) is 12.3. The predicted octanol–water partition coefficient (Wildman–Crippen LogP) is 6.14. The number of rotatable bonds is 6. The van der Waals surface area contributed by atoms with Crippen molar-refractivity contribution in [3.63, 3.8) is 0 Å². The first-order chi connectivity index (χ1) is 15.1. The van der Waals surface area contributed by atoms with Crippen LogP contribution in [0, 0.1) is 40.4 Å². The molecule has 0 unspecified atom stereocenters. The highest BCUT2D eigenvalue weighted by Gasteiger charge is 2.58. The van der Waals surface area contributed by atoms with Crippen molar-refractivity contribution >= 4 is 5.91 Å². The van der Waals surface area contributed by atoms with Gasteiger partial charge in [0, 0.05) is 13.5 Å². The van der Waals surface area contributed by atoms with Crippen molar-refractivity contribution in [3.8, 4) is 0 Å². The van der Waals surface area contributed by atoms with E-state index in [-0.39, 0.29) is 5.91 Å². The lowest BCUT2D eigenvalue weighted by atomic mass is 9.47. The molecule has 4 rings (SSSR count). The first kappa shape index (κ1) is 24.3. The zero-order chi connectivity index (χ0) is 23.3. The maximum Gasteiger partial charge on any atom is 0.245 e. The fourth-order valence-corrected chi connectivity index (χ4v) is 8.70. The lowest BCUT2D eigenvalue weighted by Gasteiger charge is -2.58. The van der Waals surface area contributed by atoms with Gasteiger partial charge in [-0.3, -0.25) is 9.63 Å². The number of hydrogen-bond acceptors (Lipinski definition) is 3. The van der Waals surface area contributed by atoms with Crippen LogP contribution in [0.25, 0.3) is 0 Å². The smallest absolute Gasteiger partial charge is 0.245 e. The molecule has 0 aromatic heterocycles. The van der Waals surface area contributed by atoms with Crippen LogP contribution in [0.4, 0.5) is 0 Å². The minimum atomic E-state index is -0.428. The molecule has 4 heteroatoms. The third-order valence-electron chi connectivity index (χ3n) is 11.0. The maximum absolute atomic E-state index is 12.3. The van der Waals surface area contributed by atoms with E-state index in [1.54, 1.807) is 19.7 Å². The monoisotopic (exact) mass is 445 g/mol. The Bertz CT molecular complexity index is 749. The third kappa shape index (κ3) is 3.87. The van der Waals surface area contributed by atoms with Crippen LogP contribution in [-0.2, 0) is 9.63 Å². The summed E-state index contributed by atoms with van der Waals surface area (Å²) in [6.07, 6.45) is 14.7. The number of aliphatic hydroxyl groups is 1. The zero-order valence-corrected chi connectivity index (χ0v) is 21.5. The topological polar surface area (TPSA) is 49.8 Å². The fourth-order valence-electron chi connectivity index (χ4n) is 8.70. The van der Waals surface area contributed by atoms with Crippen LogP contribution in [0.3, 0.4) is 0 Å². The summed E-state index contributed by atoms with van der Waals surface area (Å²) >= 11 is 0. The summed E-state index contributed by atoms with van der Waals surface area (Å²) < 4.78 is 0. The van der Waals surface area contributed by atoms with Gasteiger partial charge < -0.3 is 5.11 Å². The maximum atomic E-state index is 12.3. The van der Waals surface area contributed by atoms with Crippen molar-refractivity contribution in [1.29, 1.82) is 0 Å². The van der Waals surface area contributed by atoms with E-state index in [2.05, 4.69) is 33.8 Å². The molecule has 4 nitrogen and oxygen atoms in total. The Hall–Kier alpha value is -0.870. The SMILES string of the molecule is CC[C@]1(O)CC[C@]2(C)C3=CC[C@]4(C)[C@@H]([C@H](C)CCC(=O)N(C)OC)CC[C@H]4[C@@H]3CC[C@H]2C1. The van der Waals surface area contributed by atoms with E-state index in [0.717, 1.165) is 43.9 Å². The van der Waals surface area contributed by atoms with Gasteiger partial charge in [-0.1, -0.05) is 39.3 Å². The highest BCUT2D eigenvalue weighted by Crippen LogP contribution is 2.67. The second kappa shape index (κ2) is 8.73. The van der Waals surface area contributed by atoms with Crippen molar-refractivity contribution < 1.29 is 14.7 Å². The van der Waals surface area contributed by atoms with E-state index >= 15 is 0 Å². The normalized spacial score (nSPS) is 44.2. The molecule has 1 N–H and O–H groups in total. The van der Waals surface area contributed by atoms with Crippen LogP contribution in [0.5, 0.6) is 0 Å². The fraction of sp³-hybridized carbons (Fsp3) is 0.893. The molecular weight excluding hydrogens is 398 g/mol. The highest BCUT2D eigenvalue weighted by molar-refractivity contribution is 5.74. The average Bonchev–Trinajstić information content (AvgIpc) is 3.14. The third-order valence-corrected chi connectivity index (χ3v) is 11.0. The summed E-state index contributed by atoms with van der Waals surface area (Å²) in [5.41, 5.74) is 2.00. The first-order valence-corrected chi connectivity index (χ1v) is 13.3. The van der Waals surface area contributed by atoms with Crippen LogP contribution in [0.15, 0.2) is 11.6 Å². The molecule has 0 aliphatic heterocycles. The van der Waals surface area contributed by atoms with Gasteiger partial charge in [0.25, 0.3) is 0 Å². The van der Waals surface area contributed by atoms with E-state index in [4.69, 9.17) is 4.84 Å². The van der Waals surface area contributed by atoms with Gasteiger partial charge in [0.15, 0.2) is 0 Å². The van der Waals surface area contributed by atoms with Crippen LogP contribution in [-0.4, -0.2) is 35.8 Å². The number of carbonyl (C=O) groups excluding carboxylic acids is 1. The molecule has 4 aliphatic rings. The van der Waals surface area contributed by atoms with Gasteiger partial charge in [-0.25, -0.2) is 5.06 Å².